The van der Waals surface area contributed by atoms with Crippen molar-refractivity contribution in [3.05, 3.63) is 41.2 Å². The Labute approximate surface area is 123 Å². The molecule has 0 unspecified atom stereocenters. The van der Waals surface area contributed by atoms with Crippen molar-refractivity contribution in [2.45, 2.75) is 26.8 Å². The van der Waals surface area contributed by atoms with Gasteiger partial charge in [0.05, 0.1) is 5.69 Å². The molecule has 5 heteroatoms. The Morgan fingerprint density at radius 3 is 2.80 bits per heavy atom. The maximum Gasteiger partial charge on any atom is 0.190 e. The van der Waals surface area contributed by atoms with Crippen LogP contribution in [0.3, 0.4) is 0 Å². The highest BCUT2D eigenvalue weighted by atomic mass is 32.1. The topological polar surface area (TPSA) is 28.2 Å². The molecule has 1 N–H and O–H groups in total. The van der Waals surface area contributed by atoms with Crippen LogP contribution in [-0.2, 0) is 6.54 Å². The Morgan fingerprint density at radius 2 is 2.10 bits per heavy atom. The molecule has 1 aromatic heterocycles. The number of hydrogen-bond donors (Lipinski definition) is 1. The Bertz CT molecular complexity index is 541. The molecule has 0 spiro atoms. The number of nitrogens with one attached hydrogen (secondary N) is 1. The molecule has 0 atom stereocenters. The third-order valence-electron chi connectivity index (χ3n) is 2.96. The molecule has 0 aliphatic heterocycles. The molecular weight excluding hydrogens is 273 g/mol. The van der Waals surface area contributed by atoms with E-state index < -0.39 is 0 Å². The number of para-hydroxylation sites is 1. The Morgan fingerprint density at radius 1 is 1.30 bits per heavy atom. The van der Waals surface area contributed by atoms with Crippen LogP contribution in [0.5, 0.6) is 0 Å². The lowest BCUT2D eigenvalue weighted by molar-refractivity contribution is 0.625. The number of anilines is 2. The average Bonchev–Trinajstić information content (AvgIpc) is 2.91. The Hall–Kier alpha value is -1.46. The average molecular weight is 293 g/mol. The van der Waals surface area contributed by atoms with Gasteiger partial charge in [-0.3, -0.25) is 0 Å². The quantitative estimate of drug-likeness (QED) is 0.784. The standard InChI is InChI=1S/C15H20FN3S/c1-3-9-17-10-12-11-18-15(20-12)19(4-2)14-8-6-5-7-13(14)16/h5-8,11,17H,3-4,9-10H2,1-2H3. The van der Waals surface area contributed by atoms with Crippen molar-refractivity contribution < 1.29 is 4.39 Å². The molecular formula is C15H20FN3S. The van der Waals surface area contributed by atoms with E-state index in [0.29, 0.717) is 12.2 Å². The van der Waals surface area contributed by atoms with Gasteiger partial charge in [-0.25, -0.2) is 9.37 Å². The van der Waals surface area contributed by atoms with Gasteiger partial charge in [0.25, 0.3) is 0 Å². The highest BCUT2D eigenvalue weighted by Gasteiger charge is 2.14. The van der Waals surface area contributed by atoms with Gasteiger partial charge in [0.2, 0.25) is 0 Å². The van der Waals surface area contributed by atoms with E-state index in [1.807, 2.05) is 24.1 Å². The molecule has 1 aromatic carbocycles. The summed E-state index contributed by atoms with van der Waals surface area (Å²) in [6.45, 7) is 6.65. The molecule has 108 valence electrons. The van der Waals surface area contributed by atoms with Crippen molar-refractivity contribution in [3.8, 4) is 0 Å². The second-order valence-corrected chi connectivity index (χ2v) is 5.58. The van der Waals surface area contributed by atoms with Crippen molar-refractivity contribution in [3.63, 3.8) is 0 Å². The van der Waals surface area contributed by atoms with Crippen LogP contribution in [0.4, 0.5) is 15.2 Å². The van der Waals surface area contributed by atoms with Gasteiger partial charge >= 0.3 is 0 Å². The minimum atomic E-state index is -0.213. The first-order valence-corrected chi connectivity index (χ1v) is 7.75. The van der Waals surface area contributed by atoms with E-state index in [1.165, 1.54) is 10.9 Å². The normalized spacial score (nSPS) is 10.8. The van der Waals surface area contributed by atoms with Gasteiger partial charge in [0.15, 0.2) is 5.13 Å². The number of aromatic nitrogens is 1. The van der Waals surface area contributed by atoms with Crippen molar-refractivity contribution in [1.29, 1.82) is 0 Å². The SMILES string of the molecule is CCCNCc1cnc(N(CC)c2ccccc2F)s1. The molecule has 0 fully saturated rings. The molecule has 2 rings (SSSR count). The molecule has 0 bridgehead atoms. The summed E-state index contributed by atoms with van der Waals surface area (Å²) in [6.07, 6.45) is 2.98. The van der Waals surface area contributed by atoms with E-state index in [1.54, 1.807) is 23.5 Å². The van der Waals surface area contributed by atoms with Gasteiger partial charge in [0.1, 0.15) is 5.82 Å². The summed E-state index contributed by atoms with van der Waals surface area (Å²) in [6, 6.07) is 6.82. The highest BCUT2D eigenvalue weighted by Crippen LogP contribution is 2.30. The summed E-state index contributed by atoms with van der Waals surface area (Å²) in [5.74, 6) is -0.213. The fourth-order valence-corrected chi connectivity index (χ4v) is 2.93. The lowest BCUT2D eigenvalue weighted by Gasteiger charge is -2.20. The van der Waals surface area contributed by atoms with E-state index in [0.717, 1.165) is 24.6 Å². The van der Waals surface area contributed by atoms with E-state index in [2.05, 4.69) is 17.2 Å². The molecule has 20 heavy (non-hydrogen) atoms. The van der Waals surface area contributed by atoms with Gasteiger partial charge in [-0.2, -0.15) is 0 Å². The Kier molecular flexibility index (Phi) is 5.49. The monoisotopic (exact) mass is 293 g/mol. The van der Waals surface area contributed by atoms with Gasteiger partial charge in [0, 0.05) is 24.2 Å². The predicted octanol–water partition coefficient (Wildman–Crippen LogP) is 3.94. The molecule has 0 aliphatic rings. The fourth-order valence-electron chi connectivity index (χ4n) is 1.97. The molecule has 2 aromatic rings. The molecule has 1 heterocycles. The number of thiazole rings is 1. The molecule has 0 saturated heterocycles. The molecule has 3 nitrogen and oxygen atoms in total. The maximum absolute atomic E-state index is 13.9. The second kappa shape index (κ2) is 7.36. The van der Waals surface area contributed by atoms with Crippen molar-refractivity contribution in [1.82, 2.24) is 10.3 Å². The van der Waals surface area contributed by atoms with Crippen LogP contribution in [0, 0.1) is 5.82 Å². The van der Waals surface area contributed by atoms with E-state index in [4.69, 9.17) is 0 Å². The first kappa shape index (κ1) is 14.9. The molecule has 0 saturated carbocycles. The molecule has 0 amide bonds. The summed E-state index contributed by atoms with van der Waals surface area (Å²) < 4.78 is 13.9. The lowest BCUT2D eigenvalue weighted by Crippen LogP contribution is -2.17. The second-order valence-electron chi connectivity index (χ2n) is 4.48. The summed E-state index contributed by atoms with van der Waals surface area (Å²) >= 11 is 1.61. The largest absolute Gasteiger partial charge is 0.315 e. The van der Waals surface area contributed by atoms with Crippen molar-refractivity contribution in [2.24, 2.45) is 0 Å². The molecule has 0 aliphatic carbocycles. The van der Waals surface area contributed by atoms with E-state index >= 15 is 0 Å². The summed E-state index contributed by atoms with van der Waals surface area (Å²) in [5.41, 5.74) is 0.581. The Balaban J connectivity index is 2.14. The van der Waals surface area contributed by atoms with Crippen LogP contribution in [0.15, 0.2) is 30.5 Å². The van der Waals surface area contributed by atoms with Gasteiger partial charge in [-0.1, -0.05) is 19.1 Å². The minimum Gasteiger partial charge on any atom is -0.315 e. The first-order valence-electron chi connectivity index (χ1n) is 6.93. The zero-order valence-electron chi connectivity index (χ0n) is 11.9. The smallest absolute Gasteiger partial charge is 0.190 e. The van der Waals surface area contributed by atoms with Crippen LogP contribution in [0.25, 0.3) is 0 Å². The van der Waals surface area contributed by atoms with Crippen molar-refractivity contribution >= 4 is 22.2 Å². The maximum atomic E-state index is 13.9. The van der Waals surface area contributed by atoms with Crippen LogP contribution >= 0.6 is 11.3 Å². The van der Waals surface area contributed by atoms with Crippen LogP contribution < -0.4 is 10.2 Å². The zero-order valence-corrected chi connectivity index (χ0v) is 12.7. The number of halogens is 1. The molecule has 0 radical (unpaired) electrons. The summed E-state index contributed by atoms with van der Waals surface area (Å²) in [7, 11) is 0. The van der Waals surface area contributed by atoms with E-state index in [-0.39, 0.29) is 5.82 Å². The third kappa shape index (κ3) is 3.55. The van der Waals surface area contributed by atoms with Crippen LogP contribution in [0.2, 0.25) is 0 Å². The zero-order chi connectivity index (χ0) is 14.4. The van der Waals surface area contributed by atoms with Gasteiger partial charge < -0.3 is 10.2 Å². The number of benzene rings is 1. The fraction of sp³-hybridized carbons (Fsp3) is 0.400. The van der Waals surface area contributed by atoms with Crippen LogP contribution in [-0.4, -0.2) is 18.1 Å². The number of hydrogen-bond acceptors (Lipinski definition) is 4. The summed E-state index contributed by atoms with van der Waals surface area (Å²) in [4.78, 5) is 7.50. The third-order valence-corrected chi connectivity index (χ3v) is 3.98. The van der Waals surface area contributed by atoms with Crippen LogP contribution in [0.1, 0.15) is 25.1 Å². The van der Waals surface area contributed by atoms with Gasteiger partial charge in [-0.05, 0) is 32.0 Å². The predicted molar refractivity (Wildman–Crippen MR) is 83.2 cm³/mol. The highest BCUT2D eigenvalue weighted by molar-refractivity contribution is 7.15. The first-order chi connectivity index (χ1) is 9.76. The summed E-state index contributed by atoms with van der Waals surface area (Å²) in [5, 5.41) is 4.19. The minimum absolute atomic E-state index is 0.213. The van der Waals surface area contributed by atoms with Crippen molar-refractivity contribution in [2.75, 3.05) is 18.0 Å². The van der Waals surface area contributed by atoms with E-state index in [9.17, 15) is 4.39 Å². The van der Waals surface area contributed by atoms with Gasteiger partial charge in [-0.15, -0.1) is 11.3 Å². The number of nitrogens with zero attached hydrogens (tertiary/aromatic N) is 2. The lowest BCUT2D eigenvalue weighted by atomic mass is 10.3. The number of rotatable bonds is 7.